The molecule has 1 aromatic carbocycles. The summed E-state index contributed by atoms with van der Waals surface area (Å²) in [6.45, 7) is 9.06. The van der Waals surface area contributed by atoms with Gasteiger partial charge >= 0.3 is 5.97 Å². The zero-order chi connectivity index (χ0) is 18.6. The highest BCUT2D eigenvalue weighted by molar-refractivity contribution is 5.79. The minimum Gasteiger partial charge on any atom is -0.425 e. The van der Waals surface area contributed by atoms with Crippen LogP contribution in [0.25, 0.3) is 11.1 Å². The second-order valence-corrected chi connectivity index (χ2v) is 5.78. The van der Waals surface area contributed by atoms with Crippen molar-refractivity contribution in [2.45, 2.75) is 41.2 Å². The van der Waals surface area contributed by atoms with Crippen LogP contribution >= 0.6 is 0 Å². The molecule has 2 rings (SSSR count). The summed E-state index contributed by atoms with van der Waals surface area (Å²) in [5.74, 6) is -1.21. The number of carbonyl (C=O) groups is 1. The van der Waals surface area contributed by atoms with Crippen LogP contribution in [-0.2, 0) is 21.2 Å². The molecule has 1 heterocycles. The average molecular weight is 347 g/mol. The Morgan fingerprint density at radius 3 is 2.40 bits per heavy atom. The fourth-order valence-corrected chi connectivity index (χ4v) is 2.53. The Morgan fingerprint density at radius 2 is 1.76 bits per heavy atom. The first-order valence-corrected chi connectivity index (χ1v) is 8.03. The Hall–Kier alpha value is -2.31. The number of aromatic nitrogens is 1. The van der Waals surface area contributed by atoms with Crippen LogP contribution in [0.1, 0.15) is 36.1 Å². The van der Waals surface area contributed by atoms with Crippen molar-refractivity contribution in [2.75, 3.05) is 6.61 Å². The number of esters is 1. The highest BCUT2D eigenvalue weighted by Gasteiger charge is 2.21. The molecule has 134 valence electrons. The van der Waals surface area contributed by atoms with Crippen molar-refractivity contribution in [3.8, 4) is 16.9 Å². The van der Waals surface area contributed by atoms with Gasteiger partial charge in [-0.3, -0.25) is 4.79 Å². The van der Waals surface area contributed by atoms with Crippen LogP contribution in [0.5, 0.6) is 5.75 Å². The number of hydrogen-bond acceptors (Lipinski definition) is 5. The van der Waals surface area contributed by atoms with Gasteiger partial charge in [0.2, 0.25) is 5.95 Å². The molecule has 2 aromatic rings. The van der Waals surface area contributed by atoms with Gasteiger partial charge in [0, 0.05) is 18.7 Å². The Kier molecular flexibility index (Phi) is 6.22. The average Bonchev–Trinajstić information content (AvgIpc) is 2.54. The monoisotopic (exact) mass is 347 g/mol. The largest absolute Gasteiger partial charge is 0.425 e. The minimum absolute atomic E-state index is 0.0405. The van der Waals surface area contributed by atoms with Crippen LogP contribution < -0.4 is 4.74 Å². The molecule has 0 atom stereocenters. The number of rotatable bonds is 6. The number of benzene rings is 1. The van der Waals surface area contributed by atoms with Gasteiger partial charge in [-0.1, -0.05) is 12.1 Å². The Labute approximate surface area is 146 Å². The molecule has 0 spiro atoms. The maximum atomic E-state index is 14.2. The van der Waals surface area contributed by atoms with E-state index in [4.69, 9.17) is 14.5 Å². The van der Waals surface area contributed by atoms with Gasteiger partial charge in [-0.05, 0) is 49.9 Å². The van der Waals surface area contributed by atoms with Crippen molar-refractivity contribution in [1.82, 2.24) is 4.98 Å². The summed E-state index contributed by atoms with van der Waals surface area (Å²) in [4.78, 5) is 25.1. The normalized spacial score (nSPS) is 10.8. The number of hydrogen-bond donors (Lipinski definition) is 0. The van der Waals surface area contributed by atoms with Crippen LogP contribution in [0, 0.1) is 26.7 Å². The first kappa shape index (κ1) is 19.0. The molecule has 0 saturated carbocycles. The van der Waals surface area contributed by atoms with E-state index in [2.05, 4.69) is 4.98 Å². The lowest BCUT2D eigenvalue weighted by Gasteiger charge is -2.16. The van der Waals surface area contributed by atoms with Gasteiger partial charge in [0.25, 0.3) is 0 Å². The Morgan fingerprint density at radius 1 is 1.08 bits per heavy atom. The molecule has 0 amide bonds. The molecule has 0 fully saturated rings. The van der Waals surface area contributed by atoms with E-state index in [1.165, 1.54) is 13.1 Å². The van der Waals surface area contributed by atoms with Crippen molar-refractivity contribution in [3.05, 3.63) is 46.5 Å². The standard InChI is InChI=1S/C19H22FNO4/c1-6-23-24-10-17-18(25-14(5)22)16(9-21-19(17)20)15-8-12(3)11(2)7-13(15)4/h7-9H,6,10H2,1-5H3. The lowest BCUT2D eigenvalue weighted by atomic mass is 9.95. The minimum atomic E-state index is -0.763. The molecule has 0 saturated heterocycles. The third kappa shape index (κ3) is 4.41. The topological polar surface area (TPSA) is 57.6 Å². The maximum absolute atomic E-state index is 14.2. The van der Waals surface area contributed by atoms with E-state index >= 15 is 0 Å². The number of carbonyl (C=O) groups excluding carboxylic acids is 1. The second-order valence-electron chi connectivity index (χ2n) is 5.78. The fourth-order valence-electron chi connectivity index (χ4n) is 2.53. The van der Waals surface area contributed by atoms with Crippen LogP contribution in [0.4, 0.5) is 4.39 Å². The van der Waals surface area contributed by atoms with E-state index in [9.17, 15) is 9.18 Å². The molecule has 0 unspecified atom stereocenters. The zero-order valence-electron chi connectivity index (χ0n) is 15.1. The SMILES string of the molecule is CCOOCc1c(F)ncc(-c2cc(C)c(C)cc2C)c1OC(C)=O. The smallest absolute Gasteiger partial charge is 0.308 e. The molecule has 0 bridgehead atoms. The molecule has 0 aliphatic carbocycles. The van der Waals surface area contributed by atoms with Gasteiger partial charge < -0.3 is 4.74 Å². The first-order chi connectivity index (χ1) is 11.8. The quantitative estimate of drug-likeness (QED) is 0.258. The van der Waals surface area contributed by atoms with Gasteiger partial charge in [-0.25, -0.2) is 14.8 Å². The lowest BCUT2D eigenvalue weighted by molar-refractivity contribution is -0.301. The lowest BCUT2D eigenvalue weighted by Crippen LogP contribution is -2.10. The van der Waals surface area contributed by atoms with E-state index in [0.717, 1.165) is 22.3 Å². The predicted octanol–water partition coefficient (Wildman–Crippen LogP) is 4.21. The Balaban J connectivity index is 2.62. The van der Waals surface area contributed by atoms with E-state index in [1.54, 1.807) is 6.92 Å². The summed E-state index contributed by atoms with van der Waals surface area (Å²) in [5.41, 5.74) is 4.59. The summed E-state index contributed by atoms with van der Waals surface area (Å²) in [6.07, 6.45) is 1.37. The summed E-state index contributed by atoms with van der Waals surface area (Å²) >= 11 is 0. The third-order valence-corrected chi connectivity index (χ3v) is 3.86. The predicted molar refractivity (Wildman–Crippen MR) is 91.6 cm³/mol. The number of pyridine rings is 1. The number of ether oxygens (including phenoxy) is 1. The fraction of sp³-hybridized carbons (Fsp3) is 0.368. The van der Waals surface area contributed by atoms with Gasteiger partial charge in [0.05, 0.1) is 12.2 Å². The van der Waals surface area contributed by atoms with E-state index in [0.29, 0.717) is 12.2 Å². The van der Waals surface area contributed by atoms with E-state index in [-0.39, 0.29) is 17.9 Å². The van der Waals surface area contributed by atoms with Crippen LogP contribution in [-0.4, -0.2) is 17.6 Å². The molecule has 0 N–H and O–H groups in total. The number of halogens is 1. The third-order valence-electron chi connectivity index (χ3n) is 3.86. The van der Waals surface area contributed by atoms with Crippen LogP contribution in [0.15, 0.2) is 18.3 Å². The van der Waals surface area contributed by atoms with Crippen molar-refractivity contribution < 1.29 is 23.7 Å². The molecule has 0 radical (unpaired) electrons. The molecule has 6 heteroatoms. The zero-order valence-corrected chi connectivity index (χ0v) is 15.1. The summed E-state index contributed by atoms with van der Waals surface area (Å²) in [6, 6.07) is 4.00. The van der Waals surface area contributed by atoms with E-state index < -0.39 is 11.9 Å². The number of nitrogens with zero attached hydrogens (tertiary/aromatic N) is 1. The molecule has 0 aliphatic rings. The Bertz CT molecular complexity index is 789. The van der Waals surface area contributed by atoms with Crippen molar-refractivity contribution in [3.63, 3.8) is 0 Å². The second kappa shape index (κ2) is 8.18. The first-order valence-electron chi connectivity index (χ1n) is 8.03. The summed E-state index contributed by atoms with van der Waals surface area (Å²) in [7, 11) is 0. The van der Waals surface area contributed by atoms with Gasteiger partial charge in [0.1, 0.15) is 12.4 Å². The summed E-state index contributed by atoms with van der Waals surface area (Å²) < 4.78 is 19.5. The molecular formula is C19H22FNO4. The summed E-state index contributed by atoms with van der Waals surface area (Å²) in [5, 5.41) is 0. The highest BCUT2D eigenvalue weighted by atomic mass is 19.1. The van der Waals surface area contributed by atoms with E-state index in [1.807, 2.05) is 32.9 Å². The van der Waals surface area contributed by atoms with Gasteiger partial charge in [-0.15, -0.1) is 0 Å². The van der Waals surface area contributed by atoms with Crippen LogP contribution in [0.3, 0.4) is 0 Å². The molecule has 25 heavy (non-hydrogen) atoms. The van der Waals surface area contributed by atoms with Gasteiger partial charge in [-0.2, -0.15) is 4.39 Å². The van der Waals surface area contributed by atoms with Crippen molar-refractivity contribution >= 4 is 5.97 Å². The molecule has 1 aromatic heterocycles. The van der Waals surface area contributed by atoms with Crippen molar-refractivity contribution in [1.29, 1.82) is 0 Å². The molecular weight excluding hydrogens is 325 g/mol. The molecule has 0 aliphatic heterocycles. The maximum Gasteiger partial charge on any atom is 0.308 e. The number of aryl methyl sites for hydroxylation is 3. The van der Waals surface area contributed by atoms with Gasteiger partial charge in [0.15, 0.2) is 0 Å². The molecule has 5 nitrogen and oxygen atoms in total. The van der Waals surface area contributed by atoms with Crippen LogP contribution in [0.2, 0.25) is 0 Å². The highest BCUT2D eigenvalue weighted by Crippen LogP contribution is 2.37. The van der Waals surface area contributed by atoms with Crippen molar-refractivity contribution in [2.24, 2.45) is 0 Å².